The highest BCUT2D eigenvalue weighted by Crippen LogP contribution is 2.61. The number of hydrogen-bond donors (Lipinski definition) is 0. The molecule has 4 nitrogen and oxygen atoms in total. The van der Waals surface area contributed by atoms with Crippen LogP contribution in [0.25, 0.3) is 5.57 Å². The molecule has 0 atom stereocenters. The van der Waals surface area contributed by atoms with Crippen molar-refractivity contribution in [3.8, 4) is 6.07 Å². The van der Waals surface area contributed by atoms with E-state index in [2.05, 4.69) is 38.7 Å². The molecule has 104 valence electrons. The fraction of sp³-hybridized carbons (Fsp3) is 0.0833. The van der Waals surface area contributed by atoms with Gasteiger partial charge in [0, 0.05) is 11.8 Å². The van der Waals surface area contributed by atoms with E-state index in [1.54, 1.807) is 6.21 Å². The second-order valence-corrected chi connectivity index (χ2v) is 10.2. The average molecular weight is 350 g/mol. The van der Waals surface area contributed by atoms with E-state index < -0.39 is 5.20 Å². The number of carbonyl (C=O) groups is 1. The van der Waals surface area contributed by atoms with E-state index in [4.69, 9.17) is 5.26 Å². The van der Waals surface area contributed by atoms with Crippen molar-refractivity contribution in [1.82, 2.24) is 0 Å². The summed E-state index contributed by atoms with van der Waals surface area (Å²) in [6.07, 6.45) is 1.59. The summed E-state index contributed by atoms with van der Waals surface area (Å²) in [5.74, 6) is -0.209. The summed E-state index contributed by atoms with van der Waals surface area (Å²) in [7, 11) is 0. The molecule has 0 unspecified atom stereocenters. The molecule has 0 radical (unpaired) electrons. The van der Waals surface area contributed by atoms with Gasteiger partial charge in [-0.2, -0.15) is 5.26 Å². The van der Waals surface area contributed by atoms with Crippen LogP contribution in [0.5, 0.6) is 0 Å². The second kappa shape index (κ2) is 7.61. The van der Waals surface area contributed by atoms with Gasteiger partial charge in [-0.3, -0.25) is 14.4 Å². The third-order valence-electron chi connectivity index (χ3n) is 2.20. The van der Waals surface area contributed by atoms with E-state index in [0.29, 0.717) is 5.57 Å². The van der Waals surface area contributed by atoms with Crippen LogP contribution in [0.4, 0.5) is 0 Å². The molecule has 20 heavy (non-hydrogen) atoms. The van der Waals surface area contributed by atoms with Gasteiger partial charge < -0.3 is 0 Å². The molecule has 2 rings (SSSR count). The minimum atomic E-state index is -3.22. The minimum absolute atomic E-state index is 0.0826. The Hall–Kier alpha value is -1.11. The van der Waals surface area contributed by atoms with Crippen LogP contribution in [0.15, 0.2) is 40.9 Å². The number of aliphatic imine (C=N–C) groups is 1. The number of benzene rings is 1. The van der Waals surface area contributed by atoms with Crippen molar-refractivity contribution in [1.29, 1.82) is 5.26 Å². The molecule has 8 heteroatoms. The summed E-state index contributed by atoms with van der Waals surface area (Å²) in [5, 5.41) is 5.68. The van der Waals surface area contributed by atoms with Gasteiger partial charge in [-0.05, 0) is 39.3 Å². The van der Waals surface area contributed by atoms with Gasteiger partial charge in [-0.1, -0.05) is 30.3 Å². The zero-order valence-corrected chi connectivity index (χ0v) is 13.1. The first-order valence-corrected chi connectivity index (χ1v) is 9.67. The highest BCUT2D eigenvalue weighted by atomic mass is 36.0. The van der Waals surface area contributed by atoms with Crippen molar-refractivity contribution < 1.29 is 9.36 Å². The van der Waals surface area contributed by atoms with Crippen molar-refractivity contribution in [2.24, 2.45) is 4.99 Å². The van der Waals surface area contributed by atoms with Gasteiger partial charge in [0.25, 0.3) is 0 Å². The smallest absolute Gasteiger partial charge is 0.291 e. The van der Waals surface area contributed by atoms with Gasteiger partial charge in [0.15, 0.2) is 5.78 Å². The number of halogens is 3. The number of rotatable bonds is 1. The number of carbonyl (C=O) groups excluding carboxylic acids is 1. The van der Waals surface area contributed by atoms with E-state index in [-0.39, 0.29) is 17.9 Å². The lowest BCUT2D eigenvalue weighted by Gasteiger charge is -2.08. The van der Waals surface area contributed by atoms with Gasteiger partial charge in [-0.25, -0.2) is 0 Å². The van der Waals surface area contributed by atoms with Crippen LogP contribution < -0.4 is 0 Å². The van der Waals surface area contributed by atoms with Gasteiger partial charge in [0.05, 0.1) is 0 Å². The van der Waals surface area contributed by atoms with Crippen LogP contribution in [0.3, 0.4) is 0 Å². The maximum atomic E-state index is 11.4. The Morgan fingerprint density at radius 3 is 2.25 bits per heavy atom. The van der Waals surface area contributed by atoms with E-state index in [1.165, 1.54) is 0 Å². The molecule has 0 aromatic heterocycles. The van der Waals surface area contributed by atoms with E-state index in [9.17, 15) is 9.36 Å². The van der Waals surface area contributed by atoms with Crippen LogP contribution in [0.2, 0.25) is 0 Å². The van der Waals surface area contributed by atoms with Crippen molar-refractivity contribution in [3.63, 3.8) is 0 Å². The van der Waals surface area contributed by atoms with Crippen LogP contribution in [-0.4, -0.2) is 18.5 Å². The number of dihydropyridines is 1. The molecule has 1 heterocycles. The van der Waals surface area contributed by atoms with Crippen molar-refractivity contribution in [2.45, 2.75) is 0 Å². The Bertz CT molecular complexity index is 636. The van der Waals surface area contributed by atoms with Crippen molar-refractivity contribution in [3.05, 3.63) is 41.5 Å². The van der Waals surface area contributed by atoms with E-state index in [0.717, 1.165) is 5.56 Å². The third-order valence-corrected chi connectivity index (χ3v) is 2.20. The van der Waals surface area contributed by atoms with Crippen LogP contribution in [-0.2, 0) is 9.36 Å². The molecule has 0 aliphatic carbocycles. The Morgan fingerprint density at radius 1 is 1.20 bits per heavy atom. The van der Waals surface area contributed by atoms with E-state index >= 15 is 0 Å². The molecular formula is C12H8Cl3N2O2P. The van der Waals surface area contributed by atoms with Gasteiger partial charge >= 0.3 is 5.20 Å². The first kappa shape index (κ1) is 16.9. The number of hydrogen-bond acceptors (Lipinski definition) is 4. The first-order valence-electron chi connectivity index (χ1n) is 5.24. The van der Waals surface area contributed by atoms with Gasteiger partial charge in [-0.15, -0.1) is 0 Å². The molecular weight excluding hydrogens is 341 g/mol. The monoisotopic (exact) mass is 348 g/mol. The fourth-order valence-corrected chi connectivity index (χ4v) is 1.47. The summed E-state index contributed by atoms with van der Waals surface area (Å²) in [5.41, 5.74) is 1.68. The topological polar surface area (TPSA) is 70.3 Å². The second-order valence-electron chi connectivity index (χ2n) is 3.56. The number of nitrogens with zero attached hydrogens (tertiary/aromatic N) is 2. The first-order chi connectivity index (χ1) is 9.33. The molecule has 1 aliphatic rings. The highest BCUT2D eigenvalue weighted by Gasteiger charge is 2.18. The molecule has 0 saturated heterocycles. The lowest BCUT2D eigenvalue weighted by molar-refractivity contribution is -0.113. The Balaban J connectivity index is 0.000000347. The molecule has 1 aliphatic heterocycles. The highest BCUT2D eigenvalue weighted by molar-refractivity contribution is 8.24. The fourth-order valence-electron chi connectivity index (χ4n) is 1.47. The summed E-state index contributed by atoms with van der Waals surface area (Å²) in [4.78, 5) is 15.3. The average Bonchev–Trinajstić information content (AvgIpc) is 2.37. The molecule has 0 saturated carbocycles. The molecule has 0 N–H and O–H groups in total. The lowest BCUT2D eigenvalue weighted by atomic mass is 9.97. The summed E-state index contributed by atoms with van der Waals surface area (Å²) in [6, 6.07) is 11.3. The third kappa shape index (κ3) is 5.90. The predicted octanol–water partition coefficient (Wildman–Crippen LogP) is 4.43. The quantitative estimate of drug-likeness (QED) is 0.704. The number of allylic oxidation sites excluding steroid dienone is 1. The number of Topliss-reactive ketones (excluding diaryl/α,β-unsaturated/α-hetero) is 1. The van der Waals surface area contributed by atoms with Gasteiger partial charge in [0.1, 0.15) is 18.2 Å². The lowest BCUT2D eigenvalue weighted by Crippen LogP contribution is -2.13. The molecule has 0 amide bonds. The maximum absolute atomic E-state index is 11.4. The molecule has 1 aromatic rings. The summed E-state index contributed by atoms with van der Waals surface area (Å²) >= 11 is 13.8. The largest absolute Gasteiger partial charge is 0.339 e. The van der Waals surface area contributed by atoms with Gasteiger partial charge in [0.2, 0.25) is 0 Å². The van der Waals surface area contributed by atoms with Crippen LogP contribution in [0, 0.1) is 11.3 Å². The maximum Gasteiger partial charge on any atom is 0.339 e. The number of ketones is 1. The summed E-state index contributed by atoms with van der Waals surface area (Å²) < 4.78 is 9.51. The van der Waals surface area contributed by atoms with Crippen LogP contribution in [0.1, 0.15) is 5.56 Å². The zero-order valence-electron chi connectivity index (χ0n) is 9.96. The molecule has 0 fully saturated rings. The van der Waals surface area contributed by atoms with Crippen molar-refractivity contribution >= 4 is 56.5 Å². The molecule has 0 bridgehead atoms. The zero-order chi connectivity index (χ0) is 15.2. The minimum Gasteiger partial charge on any atom is -0.291 e. The Morgan fingerprint density at radius 2 is 1.75 bits per heavy atom. The normalized spacial score (nSPS) is 14.4. The Kier molecular flexibility index (Phi) is 6.45. The van der Waals surface area contributed by atoms with Crippen LogP contribution >= 0.6 is 38.9 Å². The number of nitriles is 1. The summed E-state index contributed by atoms with van der Waals surface area (Å²) in [6.45, 7) is 0.0826. The Labute approximate surface area is 130 Å². The van der Waals surface area contributed by atoms with Crippen molar-refractivity contribution in [2.75, 3.05) is 6.54 Å². The SMILES string of the molecule is N#CC1=C(c2ccccc2)C=NCC1=O.O=P(Cl)(Cl)Cl. The standard InChI is InChI=1S/C12H8N2O.Cl3OP/c13-6-10-11(7-14-8-12(10)15)9-4-2-1-3-5-9;1-5(2,3)4/h1-5,7H,8H2;. The van der Waals surface area contributed by atoms with E-state index in [1.807, 2.05) is 36.4 Å². The molecule has 0 spiro atoms. The predicted molar refractivity (Wildman–Crippen MR) is 82.5 cm³/mol. The molecule has 1 aromatic carbocycles.